The summed E-state index contributed by atoms with van der Waals surface area (Å²) in [6, 6.07) is 2.24. The van der Waals surface area contributed by atoms with Crippen LogP contribution in [0, 0.1) is 0 Å². The van der Waals surface area contributed by atoms with Gasteiger partial charge in [0.05, 0.1) is 6.54 Å². The third-order valence-corrected chi connectivity index (χ3v) is 3.73. The first-order chi connectivity index (χ1) is 9.99. The summed E-state index contributed by atoms with van der Waals surface area (Å²) in [4.78, 5) is 36.2. The summed E-state index contributed by atoms with van der Waals surface area (Å²) in [6.45, 7) is 0.152. The number of nitrogens with one attached hydrogen (secondary N) is 1. The molecule has 2 N–H and O–H groups in total. The Balaban J connectivity index is 1.91. The quantitative estimate of drug-likeness (QED) is 0.843. The zero-order valence-corrected chi connectivity index (χ0v) is 12.8. The van der Waals surface area contributed by atoms with E-state index in [0.29, 0.717) is 17.6 Å². The summed E-state index contributed by atoms with van der Waals surface area (Å²) in [5, 5.41) is 11.5. The molecule has 1 atom stereocenters. The maximum Gasteiger partial charge on any atom is 0.326 e. The highest BCUT2D eigenvalue weighted by Crippen LogP contribution is 2.17. The van der Waals surface area contributed by atoms with Gasteiger partial charge in [0.15, 0.2) is 10.4 Å². The summed E-state index contributed by atoms with van der Waals surface area (Å²) < 4.78 is 5.49. The van der Waals surface area contributed by atoms with Gasteiger partial charge in [0, 0.05) is 6.54 Å². The average Bonchev–Trinajstić information content (AvgIpc) is 2.91. The highest BCUT2D eigenvalue weighted by molar-refractivity contribution is 9.10. The molecule has 7 nitrogen and oxygen atoms in total. The highest BCUT2D eigenvalue weighted by Gasteiger charge is 2.31. The zero-order valence-electron chi connectivity index (χ0n) is 11.2. The van der Waals surface area contributed by atoms with E-state index in [1.54, 1.807) is 6.07 Å². The molecule has 1 aromatic rings. The Morgan fingerprint density at radius 2 is 2.14 bits per heavy atom. The molecule has 0 radical (unpaired) electrons. The van der Waals surface area contributed by atoms with Crippen molar-refractivity contribution in [3.05, 3.63) is 22.6 Å². The summed E-state index contributed by atoms with van der Waals surface area (Å²) in [7, 11) is 0. The van der Waals surface area contributed by atoms with Gasteiger partial charge < -0.3 is 19.7 Å². The minimum atomic E-state index is -1.01. The number of hydrogen-bond donors (Lipinski definition) is 2. The van der Waals surface area contributed by atoms with Crippen molar-refractivity contribution >= 4 is 33.7 Å². The van der Waals surface area contributed by atoms with E-state index >= 15 is 0 Å². The molecule has 0 saturated carbocycles. The summed E-state index contributed by atoms with van der Waals surface area (Å²) >= 11 is 3.08. The third kappa shape index (κ3) is 3.84. The lowest BCUT2D eigenvalue weighted by Crippen LogP contribution is -2.51. The highest BCUT2D eigenvalue weighted by atomic mass is 79.9. The van der Waals surface area contributed by atoms with Crippen molar-refractivity contribution in [3.63, 3.8) is 0 Å². The van der Waals surface area contributed by atoms with Crippen LogP contribution in [0.1, 0.15) is 29.8 Å². The minimum Gasteiger partial charge on any atom is -0.480 e. The fraction of sp³-hybridized carbons (Fsp3) is 0.462. The van der Waals surface area contributed by atoms with E-state index in [1.165, 1.54) is 11.0 Å². The van der Waals surface area contributed by atoms with Crippen molar-refractivity contribution in [2.24, 2.45) is 0 Å². The Morgan fingerprint density at radius 1 is 1.38 bits per heavy atom. The van der Waals surface area contributed by atoms with Gasteiger partial charge in [0.1, 0.15) is 6.04 Å². The second-order valence-electron chi connectivity index (χ2n) is 4.72. The summed E-state index contributed by atoms with van der Waals surface area (Å²) in [5.74, 6) is -1.84. The number of furan rings is 1. The molecular formula is C13H15BrN2O5. The zero-order chi connectivity index (χ0) is 15.4. The van der Waals surface area contributed by atoms with Crippen LogP contribution >= 0.6 is 15.9 Å². The smallest absolute Gasteiger partial charge is 0.326 e. The van der Waals surface area contributed by atoms with Crippen molar-refractivity contribution in [1.82, 2.24) is 10.2 Å². The topological polar surface area (TPSA) is 99.9 Å². The van der Waals surface area contributed by atoms with E-state index in [0.717, 1.165) is 12.8 Å². The number of rotatable bonds is 4. The number of amides is 2. The molecule has 1 aromatic heterocycles. The Kier molecular flexibility index (Phi) is 5.00. The number of likely N-dealkylation sites (tertiary alicyclic amines) is 1. The number of aliphatic carboxylic acids is 1. The molecular weight excluding hydrogens is 344 g/mol. The lowest BCUT2D eigenvalue weighted by Gasteiger charge is -2.32. The van der Waals surface area contributed by atoms with Crippen LogP contribution in [-0.2, 0) is 9.59 Å². The van der Waals surface area contributed by atoms with E-state index < -0.39 is 23.8 Å². The van der Waals surface area contributed by atoms with Crippen LogP contribution < -0.4 is 5.32 Å². The number of nitrogens with zero attached hydrogens (tertiary/aromatic N) is 1. The number of halogens is 1. The molecule has 1 fully saturated rings. The number of carbonyl (C=O) groups excluding carboxylic acids is 2. The van der Waals surface area contributed by atoms with E-state index in [1.807, 2.05) is 0 Å². The standard InChI is InChI=1S/C13H15BrN2O5/c14-10-5-4-9(21-10)12(18)15-7-11(17)16-6-2-1-3-8(16)13(19)20/h4-5,8H,1-3,6-7H2,(H,15,18)(H,19,20)/t8-/m0/s1. The van der Waals surface area contributed by atoms with Gasteiger partial charge in [-0.15, -0.1) is 0 Å². The van der Waals surface area contributed by atoms with Crippen molar-refractivity contribution in [3.8, 4) is 0 Å². The lowest BCUT2D eigenvalue weighted by atomic mass is 10.0. The van der Waals surface area contributed by atoms with Crippen LogP contribution in [0.2, 0.25) is 0 Å². The normalized spacial score (nSPS) is 18.3. The Labute approximate surface area is 129 Å². The van der Waals surface area contributed by atoms with Gasteiger partial charge in [0.25, 0.3) is 5.91 Å². The van der Waals surface area contributed by atoms with Gasteiger partial charge in [0.2, 0.25) is 5.91 Å². The number of hydrogen-bond acceptors (Lipinski definition) is 4. The van der Waals surface area contributed by atoms with Gasteiger partial charge in [-0.25, -0.2) is 4.79 Å². The molecule has 1 aliphatic rings. The molecule has 1 aliphatic heterocycles. The summed E-state index contributed by atoms with van der Waals surface area (Å²) in [6.07, 6.45) is 2.00. The second-order valence-corrected chi connectivity index (χ2v) is 5.50. The van der Waals surface area contributed by atoms with E-state index in [-0.39, 0.29) is 12.3 Å². The maximum atomic E-state index is 12.1. The second kappa shape index (κ2) is 6.75. The summed E-state index contributed by atoms with van der Waals surface area (Å²) in [5.41, 5.74) is 0. The van der Waals surface area contributed by atoms with Crippen molar-refractivity contribution in [1.29, 1.82) is 0 Å². The van der Waals surface area contributed by atoms with Gasteiger partial charge in [-0.05, 0) is 47.3 Å². The Bertz CT molecular complexity index is 557. The molecule has 0 spiro atoms. The molecule has 0 bridgehead atoms. The van der Waals surface area contributed by atoms with Gasteiger partial charge >= 0.3 is 5.97 Å². The monoisotopic (exact) mass is 358 g/mol. The van der Waals surface area contributed by atoms with E-state index in [2.05, 4.69) is 21.2 Å². The van der Waals surface area contributed by atoms with E-state index in [9.17, 15) is 14.4 Å². The minimum absolute atomic E-state index is 0.0862. The van der Waals surface area contributed by atoms with Crippen LogP contribution in [0.3, 0.4) is 0 Å². The van der Waals surface area contributed by atoms with Crippen LogP contribution in [-0.4, -0.2) is 46.9 Å². The first-order valence-electron chi connectivity index (χ1n) is 6.55. The molecule has 1 saturated heterocycles. The molecule has 2 rings (SSSR count). The first kappa shape index (κ1) is 15.6. The van der Waals surface area contributed by atoms with Gasteiger partial charge in [-0.3, -0.25) is 9.59 Å². The predicted octanol–water partition coefficient (Wildman–Crippen LogP) is 1.24. The van der Waals surface area contributed by atoms with Crippen molar-refractivity contribution in [2.45, 2.75) is 25.3 Å². The number of carboxylic acids is 1. The average molecular weight is 359 g/mol. The molecule has 21 heavy (non-hydrogen) atoms. The molecule has 0 aliphatic carbocycles. The molecule has 8 heteroatoms. The molecule has 0 aromatic carbocycles. The molecule has 114 valence electrons. The van der Waals surface area contributed by atoms with Crippen molar-refractivity contribution < 1.29 is 23.9 Å². The van der Waals surface area contributed by atoms with Crippen LogP contribution in [0.25, 0.3) is 0 Å². The van der Waals surface area contributed by atoms with Crippen LogP contribution in [0.4, 0.5) is 0 Å². The largest absolute Gasteiger partial charge is 0.480 e. The maximum absolute atomic E-state index is 12.1. The fourth-order valence-corrected chi connectivity index (χ4v) is 2.57. The number of carboxylic acid groups (broad SMARTS) is 1. The van der Waals surface area contributed by atoms with Crippen molar-refractivity contribution in [2.75, 3.05) is 13.1 Å². The predicted molar refractivity (Wildman–Crippen MR) is 75.7 cm³/mol. The van der Waals surface area contributed by atoms with E-state index in [4.69, 9.17) is 9.52 Å². The number of carbonyl (C=O) groups is 3. The fourth-order valence-electron chi connectivity index (χ4n) is 2.27. The first-order valence-corrected chi connectivity index (χ1v) is 7.34. The molecule has 0 unspecified atom stereocenters. The van der Waals surface area contributed by atoms with Crippen LogP contribution in [0.5, 0.6) is 0 Å². The Hall–Kier alpha value is -1.83. The molecule has 2 heterocycles. The van der Waals surface area contributed by atoms with Gasteiger partial charge in [-0.2, -0.15) is 0 Å². The lowest BCUT2D eigenvalue weighted by molar-refractivity contribution is -0.151. The molecule has 2 amide bonds. The third-order valence-electron chi connectivity index (χ3n) is 3.31. The number of piperidine rings is 1. The Morgan fingerprint density at radius 3 is 2.76 bits per heavy atom. The SMILES string of the molecule is O=C(NCC(=O)N1CCCC[C@H]1C(=O)O)c1ccc(Br)o1. The van der Waals surface area contributed by atoms with Gasteiger partial charge in [-0.1, -0.05) is 0 Å². The van der Waals surface area contributed by atoms with Crippen LogP contribution in [0.15, 0.2) is 21.2 Å².